The molecule has 3 atom stereocenters. The predicted molar refractivity (Wildman–Crippen MR) is 132 cm³/mol. The molecular weight excluding hydrogens is 439 g/mol. The van der Waals surface area contributed by atoms with Crippen molar-refractivity contribution in [2.75, 3.05) is 51.2 Å². The van der Waals surface area contributed by atoms with Crippen molar-refractivity contribution in [1.82, 2.24) is 9.80 Å². The van der Waals surface area contributed by atoms with E-state index in [0.29, 0.717) is 36.9 Å². The lowest BCUT2D eigenvalue weighted by atomic mass is 9.88. The smallest absolute Gasteiger partial charge is 0.227 e. The molecule has 2 fully saturated rings. The van der Waals surface area contributed by atoms with Crippen molar-refractivity contribution in [3.05, 3.63) is 64.4 Å². The highest BCUT2D eigenvalue weighted by atomic mass is 35.5. The van der Waals surface area contributed by atoms with E-state index in [1.54, 1.807) is 6.07 Å². The highest BCUT2D eigenvalue weighted by Gasteiger charge is 2.40. The Kier molecular flexibility index (Phi) is 7.27. The van der Waals surface area contributed by atoms with Gasteiger partial charge in [-0.1, -0.05) is 49.7 Å². The Hall–Kier alpha value is -2.15. The minimum absolute atomic E-state index is 0.0823. The number of hydrogen-bond donors (Lipinski definition) is 1. The van der Waals surface area contributed by atoms with Crippen LogP contribution < -0.4 is 10.6 Å². The second-order valence-electron chi connectivity index (χ2n) is 9.75. The summed E-state index contributed by atoms with van der Waals surface area (Å²) >= 11 is 6.07. The molecule has 0 unspecified atom stereocenters. The Morgan fingerprint density at radius 3 is 2.36 bits per heavy atom. The van der Waals surface area contributed by atoms with Gasteiger partial charge >= 0.3 is 0 Å². The third-order valence-electron chi connectivity index (χ3n) is 7.12. The van der Waals surface area contributed by atoms with Crippen molar-refractivity contribution in [3.8, 4) is 0 Å². The maximum absolute atomic E-state index is 14.9. The molecule has 2 heterocycles. The summed E-state index contributed by atoms with van der Waals surface area (Å²) in [5, 5.41) is 0.703. The average molecular weight is 473 g/mol. The quantitative estimate of drug-likeness (QED) is 0.711. The van der Waals surface area contributed by atoms with Gasteiger partial charge in [-0.3, -0.25) is 4.79 Å². The van der Waals surface area contributed by atoms with E-state index in [-0.39, 0.29) is 35.5 Å². The minimum Gasteiger partial charge on any atom is -0.365 e. The lowest BCUT2D eigenvalue weighted by Gasteiger charge is -2.39. The summed E-state index contributed by atoms with van der Waals surface area (Å²) in [5.41, 5.74) is 8.97. The molecular formula is C26H34ClFN4O. The van der Waals surface area contributed by atoms with E-state index < -0.39 is 0 Å². The maximum atomic E-state index is 14.9. The highest BCUT2D eigenvalue weighted by Crippen LogP contribution is 2.35. The van der Waals surface area contributed by atoms with Crippen molar-refractivity contribution >= 4 is 23.2 Å². The molecule has 0 saturated carbocycles. The normalized spacial score (nSPS) is 22.8. The molecule has 0 spiro atoms. The first kappa shape index (κ1) is 24.0. The molecule has 0 bridgehead atoms. The second kappa shape index (κ2) is 10.00. The minimum atomic E-state index is -0.247. The zero-order valence-electron chi connectivity index (χ0n) is 19.7. The predicted octanol–water partition coefficient (Wildman–Crippen LogP) is 4.13. The van der Waals surface area contributed by atoms with Crippen molar-refractivity contribution < 1.29 is 9.18 Å². The van der Waals surface area contributed by atoms with Gasteiger partial charge in [0.1, 0.15) is 5.82 Å². The fourth-order valence-corrected chi connectivity index (χ4v) is 5.30. The first-order valence-electron chi connectivity index (χ1n) is 11.8. The third kappa shape index (κ3) is 5.03. The highest BCUT2D eigenvalue weighted by molar-refractivity contribution is 6.30. The Balaban J connectivity index is 1.47. The first-order chi connectivity index (χ1) is 15.8. The topological polar surface area (TPSA) is 52.8 Å². The zero-order chi connectivity index (χ0) is 23.7. The number of carbonyl (C=O) groups excluding carboxylic acids is 1. The number of anilines is 1. The number of nitrogens with two attached hydrogens (primary N) is 1. The lowest BCUT2D eigenvalue weighted by Crippen LogP contribution is -2.51. The number of nitrogens with zero attached hydrogens (tertiary/aromatic N) is 3. The molecule has 0 radical (unpaired) electrons. The van der Waals surface area contributed by atoms with E-state index in [2.05, 4.69) is 11.9 Å². The van der Waals surface area contributed by atoms with Crippen LogP contribution in [0, 0.1) is 17.7 Å². The summed E-state index contributed by atoms with van der Waals surface area (Å²) in [6.45, 7) is 8.04. The van der Waals surface area contributed by atoms with Crippen LogP contribution in [0.2, 0.25) is 5.02 Å². The lowest BCUT2D eigenvalue weighted by molar-refractivity contribution is -0.135. The molecule has 33 heavy (non-hydrogen) atoms. The molecule has 2 N–H and O–H groups in total. The number of hydrogen-bond acceptors (Lipinski definition) is 4. The molecule has 7 heteroatoms. The number of likely N-dealkylation sites (tertiary alicyclic amines) is 1. The summed E-state index contributed by atoms with van der Waals surface area (Å²) in [5.74, 6) is 0.217. The molecule has 2 saturated heterocycles. The maximum Gasteiger partial charge on any atom is 0.227 e. The van der Waals surface area contributed by atoms with Crippen molar-refractivity contribution in [2.24, 2.45) is 17.6 Å². The van der Waals surface area contributed by atoms with Gasteiger partial charge < -0.3 is 20.4 Å². The number of likely N-dealkylation sites (N-methyl/N-ethyl adjacent to an activating group) is 1. The Labute approximate surface area is 201 Å². The number of piperazine rings is 1. The van der Waals surface area contributed by atoms with Gasteiger partial charge in [-0.2, -0.15) is 0 Å². The summed E-state index contributed by atoms with van der Waals surface area (Å²) < 4.78 is 14.9. The van der Waals surface area contributed by atoms with Crippen LogP contribution in [0.15, 0.2) is 42.5 Å². The standard InChI is InChI=1S/C26H34ClFN4O/c1-17(2)24(29)20-5-4-6-23(28)25(20)31-11-13-32(14-12-31)26(33)22-16-30(3)15-21(22)18-7-9-19(27)10-8-18/h4-10,17,21-22,24H,11-16,29H2,1-3H3/t21-,22+,24-/m0/s1. The molecule has 0 aliphatic carbocycles. The Morgan fingerprint density at radius 1 is 1.06 bits per heavy atom. The summed E-state index contributed by atoms with van der Waals surface area (Å²) in [6.07, 6.45) is 0. The Bertz CT molecular complexity index is 975. The number of benzene rings is 2. The first-order valence-corrected chi connectivity index (χ1v) is 12.2. The van der Waals surface area contributed by atoms with Gasteiger partial charge in [0.15, 0.2) is 0 Å². The molecule has 178 valence electrons. The van der Waals surface area contributed by atoms with E-state index in [1.807, 2.05) is 54.0 Å². The number of amides is 1. The van der Waals surface area contributed by atoms with Gasteiger partial charge in [0.2, 0.25) is 5.91 Å². The van der Waals surface area contributed by atoms with Gasteiger partial charge in [0.05, 0.1) is 11.6 Å². The molecule has 1 amide bonds. The monoisotopic (exact) mass is 472 g/mol. The van der Waals surface area contributed by atoms with E-state index in [4.69, 9.17) is 17.3 Å². The molecule has 2 aromatic rings. The number of para-hydroxylation sites is 1. The fourth-order valence-electron chi connectivity index (χ4n) is 5.18. The summed E-state index contributed by atoms with van der Waals surface area (Å²) in [7, 11) is 2.06. The van der Waals surface area contributed by atoms with Gasteiger partial charge in [0.25, 0.3) is 0 Å². The van der Waals surface area contributed by atoms with E-state index in [0.717, 1.165) is 24.2 Å². The largest absolute Gasteiger partial charge is 0.365 e. The number of halogens is 2. The van der Waals surface area contributed by atoms with Crippen molar-refractivity contribution in [1.29, 1.82) is 0 Å². The molecule has 2 aliphatic rings. The van der Waals surface area contributed by atoms with Crippen LogP contribution in [0.4, 0.5) is 10.1 Å². The van der Waals surface area contributed by atoms with Crippen LogP contribution in [-0.4, -0.2) is 62.0 Å². The molecule has 2 aliphatic heterocycles. The van der Waals surface area contributed by atoms with Gasteiger partial charge in [-0.15, -0.1) is 0 Å². The summed E-state index contributed by atoms with van der Waals surface area (Å²) in [4.78, 5) is 19.8. The van der Waals surface area contributed by atoms with E-state index in [1.165, 1.54) is 6.07 Å². The molecule has 5 nitrogen and oxygen atoms in total. The number of rotatable bonds is 5. The zero-order valence-corrected chi connectivity index (χ0v) is 20.4. The van der Waals surface area contributed by atoms with Crippen LogP contribution in [-0.2, 0) is 4.79 Å². The van der Waals surface area contributed by atoms with Crippen LogP contribution in [0.5, 0.6) is 0 Å². The molecule has 2 aromatic carbocycles. The van der Waals surface area contributed by atoms with Crippen LogP contribution in [0.1, 0.15) is 36.9 Å². The average Bonchev–Trinajstić information content (AvgIpc) is 3.20. The van der Waals surface area contributed by atoms with Crippen LogP contribution in [0.25, 0.3) is 0 Å². The van der Waals surface area contributed by atoms with E-state index in [9.17, 15) is 9.18 Å². The number of carbonyl (C=O) groups is 1. The summed E-state index contributed by atoms with van der Waals surface area (Å²) in [6, 6.07) is 12.8. The van der Waals surface area contributed by atoms with Gasteiger partial charge in [0, 0.05) is 56.3 Å². The SMILES string of the molecule is CC(C)[C@H](N)c1cccc(F)c1N1CCN(C(=O)[C@@H]2CN(C)C[C@H]2c2ccc(Cl)cc2)CC1. The second-order valence-corrected chi connectivity index (χ2v) is 10.2. The molecule has 4 rings (SSSR count). The Morgan fingerprint density at radius 2 is 1.73 bits per heavy atom. The van der Waals surface area contributed by atoms with Gasteiger partial charge in [-0.05, 0) is 42.3 Å². The van der Waals surface area contributed by atoms with Crippen LogP contribution >= 0.6 is 11.6 Å². The van der Waals surface area contributed by atoms with Crippen molar-refractivity contribution in [2.45, 2.75) is 25.8 Å². The van der Waals surface area contributed by atoms with Gasteiger partial charge in [-0.25, -0.2) is 4.39 Å². The third-order valence-corrected chi connectivity index (χ3v) is 7.37. The molecule has 0 aromatic heterocycles. The van der Waals surface area contributed by atoms with Crippen LogP contribution in [0.3, 0.4) is 0 Å². The van der Waals surface area contributed by atoms with Crippen molar-refractivity contribution in [3.63, 3.8) is 0 Å². The van der Waals surface area contributed by atoms with E-state index >= 15 is 0 Å². The fraction of sp³-hybridized carbons (Fsp3) is 0.500.